The van der Waals surface area contributed by atoms with Crippen molar-refractivity contribution in [3.05, 3.63) is 27.7 Å². The molecule has 0 spiro atoms. The summed E-state index contributed by atoms with van der Waals surface area (Å²) >= 11 is 11.0. The largest absolute Gasteiger partial charge is 0.495 e. The second kappa shape index (κ2) is 3.87. The molecule has 0 N–H and O–H groups in total. The first-order valence-corrected chi connectivity index (χ1v) is 4.22. The van der Waals surface area contributed by atoms with Crippen LogP contribution in [0, 0.1) is 0 Å². The second-order valence-electron chi connectivity index (χ2n) is 2.46. The van der Waals surface area contributed by atoms with Crippen molar-refractivity contribution >= 4 is 23.2 Å². The Morgan fingerprint density at radius 1 is 1.14 bits per heavy atom. The standard InChI is InChI=1S/C8H5Cl2F3O/c1-14-7-2-4(8(11,12)13)5(9)3-6(7)10/h2-3H,1H3. The fourth-order valence-corrected chi connectivity index (χ4v) is 1.47. The van der Waals surface area contributed by atoms with Gasteiger partial charge in [-0.2, -0.15) is 13.2 Å². The number of hydrogen-bond acceptors (Lipinski definition) is 1. The van der Waals surface area contributed by atoms with Crippen LogP contribution in [0.5, 0.6) is 5.75 Å². The summed E-state index contributed by atoms with van der Waals surface area (Å²) < 4.78 is 41.6. The van der Waals surface area contributed by atoms with Crippen LogP contribution >= 0.6 is 23.2 Å². The Hall–Kier alpha value is -0.610. The van der Waals surface area contributed by atoms with E-state index in [0.29, 0.717) is 0 Å². The molecular weight excluding hydrogens is 240 g/mol. The summed E-state index contributed by atoms with van der Waals surface area (Å²) in [5, 5.41) is -0.395. The van der Waals surface area contributed by atoms with Crippen LogP contribution in [0.3, 0.4) is 0 Å². The topological polar surface area (TPSA) is 9.23 Å². The van der Waals surface area contributed by atoms with Gasteiger partial charge >= 0.3 is 6.18 Å². The molecule has 0 aromatic heterocycles. The lowest BCUT2D eigenvalue weighted by molar-refractivity contribution is -0.137. The third-order valence-corrected chi connectivity index (χ3v) is 2.15. The number of alkyl halides is 3. The monoisotopic (exact) mass is 244 g/mol. The maximum Gasteiger partial charge on any atom is 0.417 e. The van der Waals surface area contributed by atoms with Crippen LogP contribution in [-0.2, 0) is 6.18 Å². The summed E-state index contributed by atoms with van der Waals surface area (Å²) in [4.78, 5) is 0. The summed E-state index contributed by atoms with van der Waals surface area (Å²) in [7, 11) is 1.23. The quantitative estimate of drug-likeness (QED) is 0.725. The Labute approximate surface area is 88.4 Å². The molecule has 0 aliphatic heterocycles. The first kappa shape index (κ1) is 11.5. The predicted molar refractivity (Wildman–Crippen MR) is 48.0 cm³/mol. The van der Waals surface area contributed by atoms with Crippen molar-refractivity contribution in [2.24, 2.45) is 0 Å². The Balaban J connectivity index is 3.32. The lowest BCUT2D eigenvalue weighted by atomic mass is 10.2. The van der Waals surface area contributed by atoms with E-state index in [1.807, 2.05) is 0 Å². The van der Waals surface area contributed by atoms with Gasteiger partial charge in [0.2, 0.25) is 0 Å². The van der Waals surface area contributed by atoms with Gasteiger partial charge in [0.15, 0.2) is 0 Å². The predicted octanol–water partition coefficient (Wildman–Crippen LogP) is 4.02. The normalized spacial score (nSPS) is 11.6. The highest BCUT2D eigenvalue weighted by Gasteiger charge is 2.34. The van der Waals surface area contributed by atoms with Crippen molar-refractivity contribution < 1.29 is 17.9 Å². The van der Waals surface area contributed by atoms with Crippen LogP contribution in [0.4, 0.5) is 13.2 Å². The lowest BCUT2D eigenvalue weighted by Crippen LogP contribution is -2.06. The van der Waals surface area contributed by atoms with Gasteiger partial charge in [0, 0.05) is 0 Å². The number of benzene rings is 1. The molecule has 0 amide bonds. The number of ether oxygens (including phenoxy) is 1. The zero-order valence-corrected chi connectivity index (χ0v) is 8.46. The van der Waals surface area contributed by atoms with Gasteiger partial charge in [0.1, 0.15) is 5.75 Å². The molecule has 0 aliphatic rings. The number of rotatable bonds is 1. The fraction of sp³-hybridized carbons (Fsp3) is 0.250. The van der Waals surface area contributed by atoms with Crippen molar-refractivity contribution in [3.8, 4) is 5.75 Å². The summed E-state index contributed by atoms with van der Waals surface area (Å²) in [6, 6.07) is 1.77. The van der Waals surface area contributed by atoms with Gasteiger partial charge in [-0.05, 0) is 12.1 Å². The molecule has 0 unspecified atom stereocenters. The van der Waals surface area contributed by atoms with Crippen LogP contribution in [0.1, 0.15) is 5.56 Å². The molecule has 6 heteroatoms. The van der Waals surface area contributed by atoms with E-state index >= 15 is 0 Å². The van der Waals surface area contributed by atoms with Gasteiger partial charge in [-0.25, -0.2) is 0 Å². The van der Waals surface area contributed by atoms with Gasteiger partial charge < -0.3 is 4.74 Å². The van der Waals surface area contributed by atoms with Gasteiger partial charge in [0.25, 0.3) is 0 Å². The van der Waals surface area contributed by atoms with E-state index < -0.39 is 16.8 Å². The first-order chi connectivity index (χ1) is 6.36. The van der Waals surface area contributed by atoms with Gasteiger partial charge in [0.05, 0.1) is 22.7 Å². The van der Waals surface area contributed by atoms with Crippen LogP contribution in [0.2, 0.25) is 10.0 Å². The minimum Gasteiger partial charge on any atom is -0.495 e. The highest BCUT2D eigenvalue weighted by molar-refractivity contribution is 6.36. The molecule has 1 rings (SSSR count). The molecule has 1 nitrogen and oxygen atoms in total. The zero-order valence-electron chi connectivity index (χ0n) is 6.95. The fourth-order valence-electron chi connectivity index (χ4n) is 0.903. The van der Waals surface area contributed by atoms with Crippen LogP contribution in [0.15, 0.2) is 12.1 Å². The smallest absolute Gasteiger partial charge is 0.417 e. The number of hydrogen-bond donors (Lipinski definition) is 0. The van der Waals surface area contributed by atoms with Gasteiger partial charge in [-0.15, -0.1) is 0 Å². The molecule has 0 heterocycles. The molecule has 1 aromatic carbocycles. The van der Waals surface area contributed by atoms with E-state index in [4.69, 9.17) is 23.2 Å². The van der Waals surface area contributed by atoms with Crippen molar-refractivity contribution in [1.29, 1.82) is 0 Å². The molecule has 0 aliphatic carbocycles. The van der Waals surface area contributed by atoms with E-state index in [9.17, 15) is 13.2 Å². The van der Waals surface area contributed by atoms with Crippen LogP contribution in [-0.4, -0.2) is 7.11 Å². The molecule has 0 atom stereocenters. The molecule has 0 radical (unpaired) electrons. The average Bonchev–Trinajstić information content (AvgIpc) is 2.02. The van der Waals surface area contributed by atoms with Crippen LogP contribution < -0.4 is 4.74 Å². The third-order valence-electron chi connectivity index (χ3n) is 1.55. The molecule has 14 heavy (non-hydrogen) atoms. The van der Waals surface area contributed by atoms with E-state index in [2.05, 4.69) is 4.74 Å². The molecule has 0 saturated carbocycles. The van der Waals surface area contributed by atoms with E-state index in [1.165, 1.54) is 7.11 Å². The van der Waals surface area contributed by atoms with E-state index in [-0.39, 0.29) is 10.8 Å². The molecule has 0 fully saturated rings. The van der Waals surface area contributed by atoms with Crippen molar-refractivity contribution in [2.45, 2.75) is 6.18 Å². The minimum atomic E-state index is -4.51. The average molecular weight is 245 g/mol. The lowest BCUT2D eigenvalue weighted by Gasteiger charge is -2.11. The zero-order chi connectivity index (χ0) is 10.9. The Kier molecular flexibility index (Phi) is 3.17. The highest BCUT2D eigenvalue weighted by Crippen LogP contribution is 2.39. The Morgan fingerprint density at radius 3 is 2.14 bits per heavy atom. The molecular formula is C8H5Cl2F3O. The van der Waals surface area contributed by atoms with E-state index in [0.717, 1.165) is 12.1 Å². The molecule has 0 bridgehead atoms. The van der Waals surface area contributed by atoms with E-state index in [1.54, 1.807) is 0 Å². The number of halogens is 5. The molecule has 78 valence electrons. The second-order valence-corrected chi connectivity index (χ2v) is 3.28. The number of methoxy groups -OCH3 is 1. The molecule has 1 aromatic rings. The van der Waals surface area contributed by atoms with Crippen molar-refractivity contribution in [1.82, 2.24) is 0 Å². The summed E-state index contributed by atoms with van der Waals surface area (Å²) in [6.07, 6.45) is -4.51. The highest BCUT2D eigenvalue weighted by atomic mass is 35.5. The molecule has 0 saturated heterocycles. The summed E-state index contributed by atoms with van der Waals surface area (Å²) in [6.45, 7) is 0. The SMILES string of the molecule is COc1cc(C(F)(F)F)c(Cl)cc1Cl. The Bertz CT molecular complexity index is 349. The first-order valence-electron chi connectivity index (χ1n) is 3.46. The summed E-state index contributed by atoms with van der Waals surface area (Å²) in [5.41, 5.74) is -0.958. The maximum absolute atomic E-state index is 12.3. The van der Waals surface area contributed by atoms with Crippen LogP contribution in [0.25, 0.3) is 0 Å². The minimum absolute atomic E-state index is 0.0468. The maximum atomic E-state index is 12.3. The summed E-state index contributed by atoms with van der Waals surface area (Å²) in [5.74, 6) is -0.0524. The third kappa shape index (κ3) is 2.25. The van der Waals surface area contributed by atoms with Gasteiger partial charge in [-0.3, -0.25) is 0 Å². The Morgan fingerprint density at radius 2 is 1.71 bits per heavy atom. The van der Waals surface area contributed by atoms with Crippen molar-refractivity contribution in [3.63, 3.8) is 0 Å². The van der Waals surface area contributed by atoms with Crippen molar-refractivity contribution in [2.75, 3.05) is 7.11 Å². The van der Waals surface area contributed by atoms with Gasteiger partial charge in [-0.1, -0.05) is 23.2 Å².